The first-order chi connectivity index (χ1) is 7.74. The third kappa shape index (κ3) is 4.40. The number of hydrogen-bond donors (Lipinski definition) is 2. The molecule has 0 saturated carbocycles. The van der Waals surface area contributed by atoms with Gasteiger partial charge in [-0.2, -0.15) is 0 Å². The van der Waals surface area contributed by atoms with E-state index >= 15 is 0 Å². The van der Waals surface area contributed by atoms with Crippen LogP contribution in [0.4, 0.5) is 4.39 Å². The molecule has 0 fully saturated rings. The van der Waals surface area contributed by atoms with Crippen LogP contribution in [0.15, 0.2) is 24.3 Å². The second kappa shape index (κ2) is 6.95. The number of benzene rings is 1. The van der Waals surface area contributed by atoms with Gasteiger partial charge in [0.15, 0.2) is 0 Å². The summed E-state index contributed by atoms with van der Waals surface area (Å²) in [7, 11) is 0. The van der Waals surface area contributed by atoms with Crippen molar-refractivity contribution in [2.24, 2.45) is 0 Å². The van der Waals surface area contributed by atoms with Crippen LogP contribution < -0.4 is 10.6 Å². The highest BCUT2D eigenvalue weighted by atomic mass is 19.1. The van der Waals surface area contributed by atoms with Gasteiger partial charge >= 0.3 is 0 Å². The highest BCUT2D eigenvalue weighted by Gasteiger charge is 2.01. The van der Waals surface area contributed by atoms with Crippen molar-refractivity contribution in [3.63, 3.8) is 0 Å². The molecule has 2 N–H and O–H groups in total. The summed E-state index contributed by atoms with van der Waals surface area (Å²) < 4.78 is 13.2. The Morgan fingerprint density at radius 3 is 2.81 bits per heavy atom. The zero-order valence-corrected chi connectivity index (χ0v) is 9.42. The maximum Gasteiger partial charge on any atom is 0.221 e. The number of halogens is 1. The Hall–Kier alpha value is -1.42. The monoisotopic (exact) mass is 224 g/mol. The highest BCUT2D eigenvalue weighted by molar-refractivity contribution is 5.75. The second-order valence-corrected chi connectivity index (χ2v) is 3.47. The van der Waals surface area contributed by atoms with Crippen LogP contribution in [0.25, 0.3) is 0 Å². The van der Waals surface area contributed by atoms with Gasteiger partial charge in [-0.25, -0.2) is 4.39 Å². The minimum Gasteiger partial charge on any atom is -0.356 e. The Kier molecular flexibility index (Phi) is 5.50. The van der Waals surface area contributed by atoms with Crippen LogP contribution in [0.2, 0.25) is 0 Å². The molecule has 16 heavy (non-hydrogen) atoms. The molecule has 1 amide bonds. The number of carbonyl (C=O) groups excluding carboxylic acids is 1. The van der Waals surface area contributed by atoms with E-state index < -0.39 is 0 Å². The SMILES string of the molecule is CCNC(=O)CCNCc1ccccc1F. The lowest BCUT2D eigenvalue weighted by molar-refractivity contribution is -0.120. The van der Waals surface area contributed by atoms with Gasteiger partial charge in [-0.05, 0) is 13.0 Å². The first kappa shape index (κ1) is 12.6. The van der Waals surface area contributed by atoms with Gasteiger partial charge in [0.05, 0.1) is 0 Å². The molecule has 0 aliphatic heterocycles. The smallest absolute Gasteiger partial charge is 0.221 e. The second-order valence-electron chi connectivity index (χ2n) is 3.47. The van der Waals surface area contributed by atoms with Crippen molar-refractivity contribution < 1.29 is 9.18 Å². The number of carbonyl (C=O) groups is 1. The predicted molar refractivity (Wildman–Crippen MR) is 61.4 cm³/mol. The summed E-state index contributed by atoms with van der Waals surface area (Å²) in [6.07, 6.45) is 0.419. The molecule has 0 radical (unpaired) electrons. The van der Waals surface area contributed by atoms with E-state index in [9.17, 15) is 9.18 Å². The molecular weight excluding hydrogens is 207 g/mol. The molecule has 4 heteroatoms. The number of amides is 1. The Bertz CT molecular complexity index is 342. The summed E-state index contributed by atoms with van der Waals surface area (Å²) in [6.45, 7) is 3.53. The first-order valence-electron chi connectivity index (χ1n) is 5.45. The van der Waals surface area contributed by atoms with Gasteiger partial charge in [-0.1, -0.05) is 18.2 Å². The van der Waals surface area contributed by atoms with Gasteiger partial charge < -0.3 is 10.6 Å². The van der Waals surface area contributed by atoms with Crippen LogP contribution in [0.3, 0.4) is 0 Å². The molecule has 1 aromatic carbocycles. The van der Waals surface area contributed by atoms with Gasteiger partial charge in [-0.3, -0.25) is 4.79 Å². The molecule has 0 aliphatic carbocycles. The Balaban J connectivity index is 2.21. The fourth-order valence-corrected chi connectivity index (χ4v) is 1.35. The van der Waals surface area contributed by atoms with E-state index in [0.717, 1.165) is 0 Å². The highest BCUT2D eigenvalue weighted by Crippen LogP contribution is 2.05. The molecule has 1 aromatic rings. The van der Waals surface area contributed by atoms with Crippen molar-refractivity contribution in [1.82, 2.24) is 10.6 Å². The largest absolute Gasteiger partial charge is 0.356 e. The molecular formula is C12H17FN2O. The zero-order chi connectivity index (χ0) is 11.8. The van der Waals surface area contributed by atoms with Gasteiger partial charge in [0, 0.05) is 31.6 Å². The van der Waals surface area contributed by atoms with E-state index in [2.05, 4.69) is 10.6 Å². The average molecular weight is 224 g/mol. The minimum absolute atomic E-state index is 0.0172. The maximum absolute atomic E-state index is 13.2. The van der Waals surface area contributed by atoms with Crippen molar-refractivity contribution in [1.29, 1.82) is 0 Å². The maximum atomic E-state index is 13.2. The summed E-state index contributed by atoms with van der Waals surface area (Å²) in [5.41, 5.74) is 0.624. The molecule has 0 unspecified atom stereocenters. The van der Waals surface area contributed by atoms with Crippen LogP contribution in [0, 0.1) is 5.82 Å². The fraction of sp³-hybridized carbons (Fsp3) is 0.417. The van der Waals surface area contributed by atoms with E-state index in [1.807, 2.05) is 6.92 Å². The lowest BCUT2D eigenvalue weighted by atomic mass is 10.2. The Morgan fingerprint density at radius 2 is 2.12 bits per heavy atom. The van der Waals surface area contributed by atoms with Crippen LogP contribution in [-0.2, 0) is 11.3 Å². The summed E-state index contributed by atoms with van der Waals surface area (Å²) in [5, 5.41) is 5.73. The van der Waals surface area contributed by atoms with Gasteiger partial charge in [-0.15, -0.1) is 0 Å². The van der Waals surface area contributed by atoms with Crippen molar-refractivity contribution in [2.75, 3.05) is 13.1 Å². The lowest BCUT2D eigenvalue weighted by Gasteiger charge is -2.05. The van der Waals surface area contributed by atoms with E-state index in [-0.39, 0.29) is 11.7 Å². The molecule has 1 rings (SSSR count). The molecule has 0 heterocycles. The van der Waals surface area contributed by atoms with Gasteiger partial charge in [0.25, 0.3) is 0 Å². The molecule has 0 spiro atoms. The summed E-state index contributed by atoms with van der Waals surface area (Å²) >= 11 is 0. The Morgan fingerprint density at radius 1 is 1.38 bits per heavy atom. The van der Waals surface area contributed by atoms with Crippen LogP contribution >= 0.6 is 0 Å². The molecule has 0 saturated heterocycles. The fourth-order valence-electron chi connectivity index (χ4n) is 1.35. The average Bonchev–Trinajstić information content (AvgIpc) is 2.27. The van der Waals surface area contributed by atoms with E-state index in [1.165, 1.54) is 6.07 Å². The summed E-state index contributed by atoms with van der Waals surface area (Å²) in [6, 6.07) is 6.62. The molecule has 0 aromatic heterocycles. The lowest BCUT2D eigenvalue weighted by Crippen LogP contribution is -2.27. The summed E-state index contributed by atoms with van der Waals surface area (Å²) in [5.74, 6) is -0.198. The topological polar surface area (TPSA) is 41.1 Å². The third-order valence-electron chi connectivity index (χ3n) is 2.18. The molecule has 3 nitrogen and oxygen atoms in total. The van der Waals surface area contributed by atoms with Crippen molar-refractivity contribution in [3.8, 4) is 0 Å². The minimum atomic E-state index is -0.215. The standard InChI is InChI=1S/C12H17FN2O/c1-2-15-12(16)7-8-14-9-10-5-3-4-6-11(10)13/h3-6,14H,2,7-9H2,1H3,(H,15,16). The van der Waals surface area contributed by atoms with Crippen LogP contribution in [0.1, 0.15) is 18.9 Å². The quantitative estimate of drug-likeness (QED) is 0.718. The van der Waals surface area contributed by atoms with Crippen LogP contribution in [0.5, 0.6) is 0 Å². The van der Waals surface area contributed by atoms with Gasteiger partial charge in [0.2, 0.25) is 5.91 Å². The van der Waals surface area contributed by atoms with Crippen molar-refractivity contribution in [3.05, 3.63) is 35.6 Å². The predicted octanol–water partition coefficient (Wildman–Crippen LogP) is 1.44. The zero-order valence-electron chi connectivity index (χ0n) is 9.42. The normalized spacial score (nSPS) is 10.1. The molecule has 0 atom stereocenters. The summed E-state index contributed by atoms with van der Waals surface area (Å²) in [4.78, 5) is 11.1. The van der Waals surface area contributed by atoms with Gasteiger partial charge in [0.1, 0.15) is 5.82 Å². The molecule has 0 bridgehead atoms. The number of rotatable bonds is 6. The van der Waals surface area contributed by atoms with Crippen LogP contribution in [-0.4, -0.2) is 19.0 Å². The van der Waals surface area contributed by atoms with E-state index in [1.54, 1.807) is 18.2 Å². The Labute approximate surface area is 95.0 Å². The molecule has 0 aliphatic rings. The molecule has 88 valence electrons. The van der Waals surface area contributed by atoms with Crippen molar-refractivity contribution >= 4 is 5.91 Å². The number of hydrogen-bond acceptors (Lipinski definition) is 2. The first-order valence-corrected chi connectivity index (χ1v) is 5.45. The van der Waals surface area contributed by atoms with E-state index in [4.69, 9.17) is 0 Å². The number of nitrogens with one attached hydrogen (secondary N) is 2. The third-order valence-corrected chi connectivity index (χ3v) is 2.18. The van der Waals surface area contributed by atoms with Crippen molar-refractivity contribution in [2.45, 2.75) is 19.9 Å². The van der Waals surface area contributed by atoms with E-state index in [0.29, 0.717) is 31.6 Å².